The number of furan rings is 1. The average Bonchev–Trinajstić information content (AvgIpc) is 3.36. The highest BCUT2D eigenvalue weighted by molar-refractivity contribution is 5.77. The van der Waals surface area contributed by atoms with Crippen LogP contribution in [0.1, 0.15) is 0 Å². The second-order valence-electron chi connectivity index (χ2n) is 6.78. The Labute approximate surface area is 184 Å². The SMILES string of the molecule is O=C(COc1ccc(Oc2ccccc2)cc1)NCCn1nc(-c2ccco2)ccc1=O. The number of benzene rings is 2. The van der Waals surface area contributed by atoms with Crippen molar-refractivity contribution in [2.75, 3.05) is 13.2 Å². The molecule has 0 radical (unpaired) electrons. The number of hydrogen-bond acceptors (Lipinski definition) is 6. The Hall–Kier alpha value is -4.33. The number of amides is 1. The molecule has 0 bridgehead atoms. The van der Waals surface area contributed by atoms with E-state index in [-0.39, 0.29) is 31.2 Å². The maximum Gasteiger partial charge on any atom is 0.266 e. The Morgan fingerprint density at radius 1 is 0.906 bits per heavy atom. The third kappa shape index (κ3) is 5.63. The molecule has 0 atom stereocenters. The Balaban J connectivity index is 1.23. The normalized spacial score (nSPS) is 10.5. The molecular formula is C24H21N3O5. The molecule has 0 fully saturated rings. The number of nitrogens with one attached hydrogen (secondary N) is 1. The minimum atomic E-state index is -0.301. The minimum absolute atomic E-state index is 0.145. The van der Waals surface area contributed by atoms with E-state index < -0.39 is 0 Å². The second-order valence-corrected chi connectivity index (χ2v) is 6.78. The maximum atomic E-state index is 12.1. The molecule has 2 heterocycles. The number of carbonyl (C=O) groups is 1. The number of para-hydroxylation sites is 1. The molecule has 0 spiro atoms. The van der Waals surface area contributed by atoms with Gasteiger partial charge in [-0.25, -0.2) is 4.68 Å². The summed E-state index contributed by atoms with van der Waals surface area (Å²) >= 11 is 0. The first-order valence-electron chi connectivity index (χ1n) is 10.0. The van der Waals surface area contributed by atoms with Crippen molar-refractivity contribution in [2.45, 2.75) is 6.54 Å². The van der Waals surface area contributed by atoms with E-state index in [4.69, 9.17) is 13.9 Å². The summed E-state index contributed by atoms with van der Waals surface area (Å²) in [6.45, 7) is 0.318. The van der Waals surface area contributed by atoms with E-state index >= 15 is 0 Å². The molecule has 8 heteroatoms. The lowest BCUT2D eigenvalue weighted by molar-refractivity contribution is -0.123. The van der Waals surface area contributed by atoms with E-state index in [1.54, 1.807) is 42.5 Å². The van der Waals surface area contributed by atoms with Gasteiger partial charge in [0.2, 0.25) is 0 Å². The number of nitrogens with zero attached hydrogens (tertiary/aromatic N) is 2. The molecule has 0 aliphatic carbocycles. The summed E-state index contributed by atoms with van der Waals surface area (Å²) in [7, 11) is 0. The highest BCUT2D eigenvalue weighted by atomic mass is 16.5. The highest BCUT2D eigenvalue weighted by Gasteiger charge is 2.07. The van der Waals surface area contributed by atoms with E-state index in [0.717, 1.165) is 5.75 Å². The van der Waals surface area contributed by atoms with Gasteiger partial charge < -0.3 is 19.2 Å². The minimum Gasteiger partial charge on any atom is -0.484 e. The van der Waals surface area contributed by atoms with Crippen molar-refractivity contribution in [2.24, 2.45) is 0 Å². The van der Waals surface area contributed by atoms with Gasteiger partial charge in [-0.05, 0) is 54.6 Å². The van der Waals surface area contributed by atoms with Crippen molar-refractivity contribution in [3.05, 3.63) is 95.5 Å². The summed E-state index contributed by atoms with van der Waals surface area (Å²) in [5.74, 6) is 2.22. The van der Waals surface area contributed by atoms with Crippen molar-refractivity contribution < 1.29 is 18.7 Å². The van der Waals surface area contributed by atoms with Crippen LogP contribution < -0.4 is 20.3 Å². The van der Waals surface area contributed by atoms with Crippen LogP contribution in [0.5, 0.6) is 17.2 Å². The monoisotopic (exact) mass is 431 g/mol. The van der Waals surface area contributed by atoms with E-state index in [1.807, 2.05) is 30.3 Å². The van der Waals surface area contributed by atoms with Crippen LogP contribution in [0.25, 0.3) is 11.5 Å². The quantitative estimate of drug-likeness (QED) is 0.436. The standard InChI is InChI=1S/C24H21N3O5/c28-23(17-31-18-8-10-20(11-9-18)32-19-5-2-1-3-6-19)25-14-15-27-24(29)13-12-21(26-27)22-7-4-16-30-22/h1-13,16H,14-15,17H2,(H,25,28). The van der Waals surface area contributed by atoms with Gasteiger partial charge in [0.15, 0.2) is 12.4 Å². The van der Waals surface area contributed by atoms with Crippen molar-refractivity contribution in [1.82, 2.24) is 15.1 Å². The highest BCUT2D eigenvalue weighted by Crippen LogP contribution is 2.23. The Morgan fingerprint density at radius 2 is 1.66 bits per heavy atom. The molecule has 0 aliphatic heterocycles. The second kappa shape index (κ2) is 10.1. The number of hydrogen-bond donors (Lipinski definition) is 1. The third-order valence-corrected chi connectivity index (χ3v) is 4.46. The molecule has 1 amide bonds. The molecule has 0 saturated heterocycles. The molecule has 0 unspecified atom stereocenters. The number of aromatic nitrogens is 2. The first-order chi connectivity index (χ1) is 15.7. The van der Waals surface area contributed by atoms with E-state index in [0.29, 0.717) is 23.0 Å². The fourth-order valence-corrected chi connectivity index (χ4v) is 2.89. The van der Waals surface area contributed by atoms with Gasteiger partial charge in [0.25, 0.3) is 11.5 Å². The summed E-state index contributed by atoms with van der Waals surface area (Å²) in [4.78, 5) is 24.1. The summed E-state index contributed by atoms with van der Waals surface area (Å²) in [6.07, 6.45) is 1.54. The number of rotatable bonds is 9. The van der Waals surface area contributed by atoms with Crippen LogP contribution in [0.3, 0.4) is 0 Å². The fraction of sp³-hybridized carbons (Fsp3) is 0.125. The topological polar surface area (TPSA) is 95.6 Å². The van der Waals surface area contributed by atoms with Crippen LogP contribution in [0.2, 0.25) is 0 Å². The molecule has 8 nitrogen and oxygen atoms in total. The zero-order chi connectivity index (χ0) is 22.2. The van der Waals surface area contributed by atoms with Crippen LogP contribution in [-0.4, -0.2) is 28.8 Å². The number of carbonyl (C=O) groups excluding carboxylic acids is 1. The molecule has 2 aromatic carbocycles. The van der Waals surface area contributed by atoms with E-state index in [1.165, 1.54) is 17.0 Å². The van der Waals surface area contributed by atoms with Crippen LogP contribution in [0, 0.1) is 0 Å². The summed E-state index contributed by atoms with van der Waals surface area (Å²) in [5.41, 5.74) is 0.285. The van der Waals surface area contributed by atoms with Gasteiger partial charge in [-0.2, -0.15) is 5.10 Å². The van der Waals surface area contributed by atoms with Gasteiger partial charge in [0.1, 0.15) is 22.9 Å². The molecule has 4 rings (SSSR count). The first-order valence-corrected chi connectivity index (χ1v) is 10.0. The largest absolute Gasteiger partial charge is 0.484 e. The molecule has 4 aromatic rings. The van der Waals surface area contributed by atoms with Crippen molar-refractivity contribution in [3.8, 4) is 28.7 Å². The fourth-order valence-electron chi connectivity index (χ4n) is 2.89. The van der Waals surface area contributed by atoms with Crippen LogP contribution in [0.15, 0.2) is 94.3 Å². The van der Waals surface area contributed by atoms with Crippen LogP contribution >= 0.6 is 0 Å². The predicted octanol–water partition coefficient (Wildman–Crippen LogP) is 3.49. The van der Waals surface area contributed by atoms with Gasteiger partial charge >= 0.3 is 0 Å². The lowest BCUT2D eigenvalue weighted by Gasteiger charge is -2.10. The Bertz CT molecular complexity index is 1200. The van der Waals surface area contributed by atoms with E-state index in [9.17, 15) is 9.59 Å². The number of ether oxygens (including phenoxy) is 2. The zero-order valence-corrected chi connectivity index (χ0v) is 17.1. The lowest BCUT2D eigenvalue weighted by Crippen LogP contribution is -2.34. The van der Waals surface area contributed by atoms with Crippen molar-refractivity contribution in [3.63, 3.8) is 0 Å². The van der Waals surface area contributed by atoms with Gasteiger partial charge in [-0.15, -0.1) is 0 Å². The van der Waals surface area contributed by atoms with Gasteiger partial charge in [-0.1, -0.05) is 18.2 Å². The first kappa shape index (κ1) is 20.9. The van der Waals surface area contributed by atoms with Crippen LogP contribution in [0.4, 0.5) is 0 Å². The van der Waals surface area contributed by atoms with Crippen molar-refractivity contribution in [1.29, 1.82) is 0 Å². The van der Waals surface area contributed by atoms with Crippen LogP contribution in [-0.2, 0) is 11.3 Å². The molecule has 0 saturated carbocycles. The van der Waals surface area contributed by atoms with Gasteiger partial charge in [-0.3, -0.25) is 9.59 Å². The molecule has 1 N–H and O–H groups in total. The maximum absolute atomic E-state index is 12.1. The van der Waals surface area contributed by atoms with E-state index in [2.05, 4.69) is 10.4 Å². The lowest BCUT2D eigenvalue weighted by atomic mass is 10.3. The molecule has 162 valence electrons. The molecule has 0 aliphatic rings. The van der Waals surface area contributed by atoms with Crippen molar-refractivity contribution >= 4 is 5.91 Å². The predicted molar refractivity (Wildman–Crippen MR) is 118 cm³/mol. The summed E-state index contributed by atoms with van der Waals surface area (Å²) in [5, 5.41) is 6.97. The molecule has 2 aromatic heterocycles. The average molecular weight is 431 g/mol. The van der Waals surface area contributed by atoms with Gasteiger partial charge in [0, 0.05) is 12.6 Å². The molecule has 32 heavy (non-hydrogen) atoms. The summed E-state index contributed by atoms with van der Waals surface area (Å²) < 4.78 is 17.8. The Morgan fingerprint density at radius 3 is 2.41 bits per heavy atom. The third-order valence-electron chi connectivity index (χ3n) is 4.46. The summed E-state index contributed by atoms with van der Waals surface area (Å²) in [6, 6.07) is 23.0. The smallest absolute Gasteiger partial charge is 0.266 e. The zero-order valence-electron chi connectivity index (χ0n) is 17.1. The van der Waals surface area contributed by atoms with Gasteiger partial charge in [0.05, 0.1) is 12.8 Å². The molecular weight excluding hydrogens is 410 g/mol. The Kier molecular flexibility index (Phi) is 6.62.